The molecular formula is C22H25ClN4O3S. The second-order valence-corrected chi connectivity index (χ2v) is 9.87. The Morgan fingerprint density at radius 1 is 1.19 bits per heavy atom. The molecular weight excluding hydrogens is 436 g/mol. The highest BCUT2D eigenvalue weighted by atomic mass is 35.5. The predicted molar refractivity (Wildman–Crippen MR) is 125 cm³/mol. The Bertz CT molecular complexity index is 1250. The average molecular weight is 461 g/mol. The third-order valence-electron chi connectivity index (χ3n) is 4.75. The van der Waals surface area contributed by atoms with Crippen LogP contribution in [0.3, 0.4) is 0 Å². The maximum absolute atomic E-state index is 12.8. The summed E-state index contributed by atoms with van der Waals surface area (Å²) < 4.78 is 24.2. The van der Waals surface area contributed by atoms with Crippen molar-refractivity contribution >= 4 is 43.9 Å². The minimum atomic E-state index is -3.26. The lowest BCUT2D eigenvalue weighted by molar-refractivity contribution is 0.0948. The van der Waals surface area contributed by atoms with Crippen LogP contribution >= 0.6 is 11.6 Å². The van der Waals surface area contributed by atoms with E-state index in [-0.39, 0.29) is 11.9 Å². The standard InChI is InChI=1S/C22H25ClN4O3S/c1-14(11-12-31(4,29)30)24-22(28)17-9-10-20(21-18(17)13-27(3)26-21)25-15(2)16-7-5-6-8-19(16)23/h5-15,25H,1-4H3,(H,24,28)/b12-11+/t14-,15?/m1/s1. The van der Waals surface area contributed by atoms with Crippen LogP contribution in [0.15, 0.2) is 54.1 Å². The molecule has 3 rings (SSSR count). The van der Waals surface area contributed by atoms with E-state index < -0.39 is 15.9 Å². The Hall–Kier alpha value is -2.84. The molecule has 1 heterocycles. The van der Waals surface area contributed by atoms with Crippen molar-refractivity contribution in [3.63, 3.8) is 0 Å². The number of anilines is 1. The van der Waals surface area contributed by atoms with Gasteiger partial charge in [0.1, 0.15) is 5.52 Å². The van der Waals surface area contributed by atoms with Crippen LogP contribution in [0.2, 0.25) is 5.02 Å². The third-order valence-corrected chi connectivity index (χ3v) is 5.75. The first-order valence-corrected chi connectivity index (χ1v) is 12.0. The van der Waals surface area contributed by atoms with Crippen molar-refractivity contribution in [2.45, 2.75) is 25.9 Å². The van der Waals surface area contributed by atoms with Crippen molar-refractivity contribution < 1.29 is 13.2 Å². The summed E-state index contributed by atoms with van der Waals surface area (Å²) in [5.74, 6) is -0.311. The van der Waals surface area contributed by atoms with E-state index >= 15 is 0 Å². The molecule has 3 aromatic rings. The number of hydrogen-bond donors (Lipinski definition) is 2. The van der Waals surface area contributed by atoms with E-state index in [0.717, 1.165) is 22.9 Å². The van der Waals surface area contributed by atoms with Gasteiger partial charge in [0, 0.05) is 41.4 Å². The largest absolute Gasteiger partial charge is 0.377 e. The lowest BCUT2D eigenvalue weighted by Crippen LogP contribution is -2.31. The molecule has 0 saturated carbocycles. The number of carbonyl (C=O) groups is 1. The summed E-state index contributed by atoms with van der Waals surface area (Å²) >= 11 is 6.32. The van der Waals surface area contributed by atoms with Gasteiger partial charge in [0.15, 0.2) is 9.84 Å². The Labute approximate surface area is 187 Å². The van der Waals surface area contributed by atoms with Gasteiger partial charge in [0.25, 0.3) is 5.91 Å². The van der Waals surface area contributed by atoms with Crippen LogP contribution in [0.4, 0.5) is 5.69 Å². The van der Waals surface area contributed by atoms with Crippen LogP contribution in [0.5, 0.6) is 0 Å². The lowest BCUT2D eigenvalue weighted by atomic mass is 10.1. The SMILES string of the molecule is CC(Nc1ccc(C(=O)N[C@H](C)/C=C/S(C)(=O)=O)c2cn(C)nc12)c1ccccc1Cl. The number of benzene rings is 2. The summed E-state index contributed by atoms with van der Waals surface area (Å²) in [6.07, 6.45) is 4.33. The molecule has 1 aromatic heterocycles. The van der Waals surface area contributed by atoms with Gasteiger partial charge < -0.3 is 10.6 Å². The van der Waals surface area contributed by atoms with Gasteiger partial charge in [-0.3, -0.25) is 9.48 Å². The summed E-state index contributed by atoms with van der Waals surface area (Å²) in [6.45, 7) is 3.72. The molecule has 7 nitrogen and oxygen atoms in total. The van der Waals surface area contributed by atoms with E-state index in [0.29, 0.717) is 21.5 Å². The van der Waals surface area contributed by atoms with Gasteiger partial charge in [0.2, 0.25) is 0 Å². The maximum Gasteiger partial charge on any atom is 0.252 e. The van der Waals surface area contributed by atoms with Crippen molar-refractivity contribution in [3.8, 4) is 0 Å². The Morgan fingerprint density at radius 3 is 2.58 bits per heavy atom. The molecule has 164 valence electrons. The number of aryl methyl sites for hydroxylation is 1. The lowest BCUT2D eigenvalue weighted by Gasteiger charge is -2.18. The number of nitrogens with zero attached hydrogens (tertiary/aromatic N) is 2. The molecule has 2 N–H and O–H groups in total. The Kier molecular flexibility index (Phi) is 6.71. The van der Waals surface area contributed by atoms with Crippen LogP contribution < -0.4 is 10.6 Å². The third kappa shape index (κ3) is 5.65. The van der Waals surface area contributed by atoms with Crippen LogP contribution in [-0.2, 0) is 16.9 Å². The van der Waals surface area contributed by atoms with Gasteiger partial charge in [-0.2, -0.15) is 5.10 Å². The second kappa shape index (κ2) is 9.11. The van der Waals surface area contributed by atoms with Gasteiger partial charge in [-0.1, -0.05) is 35.9 Å². The molecule has 9 heteroatoms. The van der Waals surface area contributed by atoms with Gasteiger partial charge >= 0.3 is 0 Å². The first kappa shape index (κ1) is 22.8. The van der Waals surface area contributed by atoms with Crippen molar-refractivity contribution in [1.82, 2.24) is 15.1 Å². The van der Waals surface area contributed by atoms with Crippen LogP contribution in [0.1, 0.15) is 35.8 Å². The highest BCUT2D eigenvalue weighted by Gasteiger charge is 2.18. The molecule has 0 aliphatic rings. The molecule has 0 spiro atoms. The highest BCUT2D eigenvalue weighted by Crippen LogP contribution is 2.30. The quantitative estimate of drug-likeness (QED) is 0.554. The smallest absolute Gasteiger partial charge is 0.252 e. The van der Waals surface area contributed by atoms with Gasteiger partial charge in [-0.05, 0) is 37.6 Å². The van der Waals surface area contributed by atoms with Crippen molar-refractivity contribution in [2.75, 3.05) is 11.6 Å². The monoisotopic (exact) mass is 460 g/mol. The fourth-order valence-corrected chi connectivity index (χ4v) is 4.09. The molecule has 0 radical (unpaired) electrons. The number of fused-ring (bicyclic) bond motifs is 1. The first-order valence-electron chi connectivity index (χ1n) is 9.71. The van der Waals surface area contributed by atoms with Crippen molar-refractivity contribution in [1.29, 1.82) is 0 Å². The van der Waals surface area contributed by atoms with Gasteiger partial charge in [-0.15, -0.1) is 0 Å². The van der Waals surface area contributed by atoms with E-state index in [1.165, 1.54) is 6.08 Å². The number of halogens is 1. The second-order valence-electron chi connectivity index (χ2n) is 7.53. The number of amides is 1. The van der Waals surface area contributed by atoms with E-state index in [1.54, 1.807) is 30.9 Å². The molecule has 31 heavy (non-hydrogen) atoms. The molecule has 0 fully saturated rings. The highest BCUT2D eigenvalue weighted by molar-refractivity contribution is 7.93. The van der Waals surface area contributed by atoms with Gasteiger partial charge in [0.05, 0.1) is 17.3 Å². The minimum Gasteiger partial charge on any atom is -0.377 e. The molecule has 1 amide bonds. The number of hydrogen-bond acceptors (Lipinski definition) is 5. The molecule has 0 saturated heterocycles. The van der Waals surface area contributed by atoms with Crippen molar-refractivity contribution in [2.24, 2.45) is 7.05 Å². The van der Waals surface area contributed by atoms with E-state index in [9.17, 15) is 13.2 Å². The fourth-order valence-electron chi connectivity index (χ4n) is 3.26. The summed E-state index contributed by atoms with van der Waals surface area (Å²) in [5, 5.41) is 13.2. The normalized spacial score (nSPS) is 14.0. The van der Waals surface area contributed by atoms with Crippen molar-refractivity contribution in [3.05, 3.63) is 70.2 Å². The van der Waals surface area contributed by atoms with E-state index in [4.69, 9.17) is 11.6 Å². The van der Waals surface area contributed by atoms with E-state index in [2.05, 4.69) is 15.7 Å². The molecule has 0 aliphatic heterocycles. The molecule has 1 unspecified atom stereocenters. The molecule has 0 bridgehead atoms. The summed E-state index contributed by atoms with van der Waals surface area (Å²) in [5.41, 5.74) is 2.86. The summed E-state index contributed by atoms with van der Waals surface area (Å²) in [6, 6.07) is 10.6. The number of nitrogens with one attached hydrogen (secondary N) is 2. The Balaban J connectivity index is 1.88. The first-order chi connectivity index (χ1) is 14.5. The minimum absolute atomic E-state index is 0.0697. The van der Waals surface area contributed by atoms with Crippen LogP contribution in [0.25, 0.3) is 10.9 Å². The van der Waals surface area contributed by atoms with E-state index in [1.807, 2.05) is 37.3 Å². The zero-order valence-electron chi connectivity index (χ0n) is 17.8. The Morgan fingerprint density at radius 2 is 1.90 bits per heavy atom. The number of sulfone groups is 1. The average Bonchev–Trinajstić information content (AvgIpc) is 3.08. The maximum atomic E-state index is 12.8. The predicted octanol–water partition coefficient (Wildman–Crippen LogP) is 4.08. The zero-order chi connectivity index (χ0) is 22.8. The molecule has 0 aliphatic carbocycles. The number of aromatic nitrogens is 2. The van der Waals surface area contributed by atoms with Gasteiger partial charge in [-0.25, -0.2) is 8.42 Å². The topological polar surface area (TPSA) is 93.1 Å². The van der Waals surface area contributed by atoms with Crippen LogP contribution in [-0.4, -0.2) is 36.4 Å². The van der Waals surface area contributed by atoms with Crippen LogP contribution in [0, 0.1) is 0 Å². The summed E-state index contributed by atoms with van der Waals surface area (Å²) in [4.78, 5) is 12.8. The molecule has 2 aromatic carbocycles. The molecule has 2 atom stereocenters. The number of carbonyl (C=O) groups excluding carboxylic acids is 1. The zero-order valence-corrected chi connectivity index (χ0v) is 19.3. The fraction of sp³-hybridized carbons (Fsp3) is 0.273. The summed E-state index contributed by atoms with van der Waals surface area (Å²) in [7, 11) is -1.46. The number of rotatable bonds is 7.